The molecule has 2 aromatic carbocycles. The Morgan fingerprint density at radius 2 is 2.00 bits per heavy atom. The first-order chi connectivity index (χ1) is 15.7. The topological polar surface area (TPSA) is 76.2 Å². The van der Waals surface area contributed by atoms with Crippen LogP contribution in [0.3, 0.4) is 0 Å². The van der Waals surface area contributed by atoms with Crippen molar-refractivity contribution < 1.29 is 9.21 Å². The van der Waals surface area contributed by atoms with Crippen LogP contribution in [0.1, 0.15) is 23.9 Å². The smallest absolute Gasteiger partial charge is 0.247 e. The predicted octanol–water partition coefficient (Wildman–Crippen LogP) is 3.43. The number of amides is 1. The fourth-order valence-corrected chi connectivity index (χ4v) is 4.28. The van der Waals surface area contributed by atoms with Gasteiger partial charge < -0.3 is 14.3 Å². The van der Waals surface area contributed by atoms with Crippen molar-refractivity contribution in [2.45, 2.75) is 32.9 Å². The van der Waals surface area contributed by atoms with Gasteiger partial charge in [0.15, 0.2) is 0 Å². The lowest BCUT2D eigenvalue weighted by molar-refractivity contribution is -0.121. The number of carbonyl (C=O) groups is 1. The van der Waals surface area contributed by atoms with Gasteiger partial charge in [0.05, 0.1) is 0 Å². The standard InChI is InChI=1S/C25H27N5O2/c1-2-24-27-28-25(32-24)20-8-7-19-10-13-30(22(19)15-20)17-23(31)26-11-14-29-12-9-18-5-3-4-6-21(18)16-29/h3-8,10,13,15H,2,9,11-12,14,16-17H2,1H3,(H,26,31). The monoisotopic (exact) mass is 429 g/mol. The van der Waals surface area contributed by atoms with Gasteiger partial charge >= 0.3 is 0 Å². The Morgan fingerprint density at radius 1 is 1.12 bits per heavy atom. The van der Waals surface area contributed by atoms with E-state index in [2.05, 4.69) is 44.7 Å². The van der Waals surface area contributed by atoms with Crippen molar-refractivity contribution in [3.8, 4) is 11.5 Å². The van der Waals surface area contributed by atoms with Crippen LogP contribution >= 0.6 is 0 Å². The zero-order chi connectivity index (χ0) is 21.9. The number of nitrogens with one attached hydrogen (secondary N) is 1. The van der Waals surface area contributed by atoms with E-state index >= 15 is 0 Å². The third kappa shape index (κ3) is 4.29. The summed E-state index contributed by atoms with van der Waals surface area (Å²) < 4.78 is 7.64. The molecular formula is C25H27N5O2. The van der Waals surface area contributed by atoms with Crippen LogP contribution in [0, 0.1) is 0 Å². The van der Waals surface area contributed by atoms with E-state index in [1.165, 1.54) is 11.1 Å². The molecule has 0 saturated carbocycles. The van der Waals surface area contributed by atoms with Gasteiger partial charge in [-0.15, -0.1) is 10.2 Å². The van der Waals surface area contributed by atoms with E-state index < -0.39 is 0 Å². The number of aromatic nitrogens is 3. The van der Waals surface area contributed by atoms with Gasteiger partial charge in [-0.3, -0.25) is 9.69 Å². The highest BCUT2D eigenvalue weighted by Gasteiger charge is 2.16. The summed E-state index contributed by atoms with van der Waals surface area (Å²) in [5.41, 5.74) is 4.67. The SMILES string of the molecule is CCc1nnc(-c2ccc3ccn(CC(=O)NCCN4CCc5ccccc5C4)c3c2)o1. The Balaban J connectivity index is 1.19. The van der Waals surface area contributed by atoms with Crippen LogP contribution in [0.5, 0.6) is 0 Å². The van der Waals surface area contributed by atoms with E-state index in [1.807, 2.05) is 42.0 Å². The third-order valence-electron chi connectivity index (χ3n) is 6.06. The van der Waals surface area contributed by atoms with E-state index in [0.29, 0.717) is 24.7 Å². The molecule has 0 spiro atoms. The molecule has 5 rings (SSSR count). The Morgan fingerprint density at radius 3 is 2.84 bits per heavy atom. The van der Waals surface area contributed by atoms with Crippen LogP contribution < -0.4 is 5.32 Å². The van der Waals surface area contributed by atoms with E-state index in [0.717, 1.165) is 42.5 Å². The molecule has 0 radical (unpaired) electrons. The molecule has 2 aromatic heterocycles. The van der Waals surface area contributed by atoms with E-state index in [-0.39, 0.29) is 12.5 Å². The Hall–Kier alpha value is -3.45. The maximum Gasteiger partial charge on any atom is 0.247 e. The van der Waals surface area contributed by atoms with E-state index in [1.54, 1.807) is 0 Å². The zero-order valence-corrected chi connectivity index (χ0v) is 18.3. The summed E-state index contributed by atoms with van der Waals surface area (Å²) in [6.45, 7) is 5.74. The summed E-state index contributed by atoms with van der Waals surface area (Å²) >= 11 is 0. The fourth-order valence-electron chi connectivity index (χ4n) is 4.28. The molecule has 7 nitrogen and oxygen atoms in total. The van der Waals surface area contributed by atoms with Gasteiger partial charge in [0.25, 0.3) is 0 Å². The van der Waals surface area contributed by atoms with Crippen LogP contribution in [0.25, 0.3) is 22.4 Å². The Labute approximate surface area is 187 Å². The number of rotatable bonds is 7. The van der Waals surface area contributed by atoms with Crippen molar-refractivity contribution in [3.63, 3.8) is 0 Å². The lowest BCUT2D eigenvalue weighted by Gasteiger charge is -2.28. The first-order valence-electron chi connectivity index (χ1n) is 11.2. The molecule has 164 valence electrons. The summed E-state index contributed by atoms with van der Waals surface area (Å²) in [6.07, 6.45) is 3.72. The average molecular weight is 430 g/mol. The van der Waals surface area contributed by atoms with Crippen LogP contribution in [0.2, 0.25) is 0 Å². The van der Waals surface area contributed by atoms with Crippen LogP contribution in [-0.2, 0) is 30.7 Å². The highest BCUT2D eigenvalue weighted by molar-refractivity contribution is 5.86. The maximum absolute atomic E-state index is 12.6. The molecule has 4 aromatic rings. The molecule has 0 atom stereocenters. The zero-order valence-electron chi connectivity index (χ0n) is 18.3. The molecule has 0 aliphatic carbocycles. The number of benzene rings is 2. The number of fused-ring (bicyclic) bond motifs is 2. The molecule has 0 fully saturated rings. The normalized spacial score (nSPS) is 13.9. The van der Waals surface area contributed by atoms with Gasteiger partial charge in [-0.1, -0.05) is 37.3 Å². The molecule has 7 heteroatoms. The number of carbonyl (C=O) groups excluding carboxylic acids is 1. The maximum atomic E-state index is 12.6. The minimum Gasteiger partial charge on any atom is -0.421 e. The van der Waals surface area contributed by atoms with Crippen molar-refractivity contribution in [2.24, 2.45) is 0 Å². The number of nitrogens with zero attached hydrogens (tertiary/aromatic N) is 4. The van der Waals surface area contributed by atoms with Gasteiger partial charge in [0.2, 0.25) is 17.7 Å². The lowest BCUT2D eigenvalue weighted by Crippen LogP contribution is -2.38. The summed E-state index contributed by atoms with van der Waals surface area (Å²) in [6, 6.07) is 16.6. The van der Waals surface area contributed by atoms with Gasteiger partial charge in [-0.2, -0.15) is 0 Å². The second-order valence-corrected chi connectivity index (χ2v) is 8.22. The highest BCUT2D eigenvalue weighted by atomic mass is 16.4. The van der Waals surface area contributed by atoms with Crippen molar-refractivity contribution in [3.05, 3.63) is 71.7 Å². The quantitative estimate of drug-likeness (QED) is 0.487. The van der Waals surface area contributed by atoms with Gasteiger partial charge in [-0.25, -0.2) is 0 Å². The fraction of sp³-hybridized carbons (Fsp3) is 0.320. The average Bonchev–Trinajstić information content (AvgIpc) is 3.46. The molecule has 0 saturated heterocycles. The second-order valence-electron chi connectivity index (χ2n) is 8.22. The molecular weight excluding hydrogens is 402 g/mol. The van der Waals surface area contributed by atoms with Crippen molar-refractivity contribution in [2.75, 3.05) is 19.6 Å². The Bertz CT molecular complexity index is 1240. The van der Waals surface area contributed by atoms with Crippen LogP contribution in [-0.4, -0.2) is 45.2 Å². The van der Waals surface area contributed by atoms with Crippen molar-refractivity contribution in [1.82, 2.24) is 25.0 Å². The lowest BCUT2D eigenvalue weighted by atomic mass is 10.00. The van der Waals surface area contributed by atoms with Gasteiger partial charge in [-0.05, 0) is 41.1 Å². The summed E-state index contributed by atoms with van der Waals surface area (Å²) in [4.78, 5) is 15.0. The molecule has 1 aliphatic rings. The van der Waals surface area contributed by atoms with Crippen molar-refractivity contribution in [1.29, 1.82) is 0 Å². The molecule has 0 unspecified atom stereocenters. The molecule has 3 heterocycles. The Kier molecular flexibility index (Phi) is 5.73. The number of aryl methyl sites for hydroxylation is 1. The largest absolute Gasteiger partial charge is 0.421 e. The van der Waals surface area contributed by atoms with Gasteiger partial charge in [0, 0.05) is 49.9 Å². The molecule has 1 N–H and O–H groups in total. The molecule has 0 bridgehead atoms. The van der Waals surface area contributed by atoms with Crippen LogP contribution in [0.4, 0.5) is 0 Å². The minimum absolute atomic E-state index is 0.0105. The van der Waals surface area contributed by atoms with Crippen molar-refractivity contribution >= 4 is 16.8 Å². The molecule has 32 heavy (non-hydrogen) atoms. The minimum atomic E-state index is 0.0105. The van der Waals surface area contributed by atoms with Crippen LogP contribution in [0.15, 0.2) is 59.1 Å². The van der Waals surface area contributed by atoms with E-state index in [9.17, 15) is 4.79 Å². The predicted molar refractivity (Wildman–Crippen MR) is 123 cm³/mol. The molecule has 1 aliphatic heterocycles. The summed E-state index contributed by atoms with van der Waals surface area (Å²) in [5.74, 6) is 1.13. The first kappa shape index (κ1) is 20.5. The molecule has 1 amide bonds. The summed E-state index contributed by atoms with van der Waals surface area (Å²) in [5, 5.41) is 12.3. The highest BCUT2D eigenvalue weighted by Crippen LogP contribution is 2.24. The third-order valence-corrected chi connectivity index (χ3v) is 6.06. The number of hydrogen-bond acceptors (Lipinski definition) is 5. The van der Waals surface area contributed by atoms with E-state index in [4.69, 9.17) is 4.42 Å². The first-order valence-corrected chi connectivity index (χ1v) is 11.2. The summed E-state index contributed by atoms with van der Waals surface area (Å²) in [7, 11) is 0. The number of hydrogen-bond donors (Lipinski definition) is 1. The van der Waals surface area contributed by atoms with Gasteiger partial charge in [0.1, 0.15) is 6.54 Å². The second kappa shape index (κ2) is 8.96.